The summed E-state index contributed by atoms with van der Waals surface area (Å²) in [6.07, 6.45) is 0.673. The fraction of sp³-hybridized carbons (Fsp3) is 0.750. The van der Waals surface area contributed by atoms with Crippen molar-refractivity contribution in [3.05, 3.63) is 0 Å². The van der Waals surface area contributed by atoms with Crippen LogP contribution in [0.15, 0.2) is 0 Å². The monoisotopic (exact) mass is 244 g/mol. The van der Waals surface area contributed by atoms with E-state index in [1.165, 1.54) is 0 Å². The highest BCUT2D eigenvalue weighted by Gasteiger charge is 2.30. The van der Waals surface area contributed by atoms with E-state index >= 15 is 0 Å². The summed E-state index contributed by atoms with van der Waals surface area (Å²) in [4.78, 5) is 34.5. The van der Waals surface area contributed by atoms with E-state index in [1.807, 2.05) is 6.92 Å². The molecular formula is C12H20O5. The summed E-state index contributed by atoms with van der Waals surface area (Å²) in [6, 6.07) is 0. The molecule has 0 unspecified atom stereocenters. The van der Waals surface area contributed by atoms with Gasteiger partial charge in [-0.05, 0) is 20.3 Å². The maximum absolute atomic E-state index is 11.7. The topological polar surface area (TPSA) is 69.7 Å². The van der Waals surface area contributed by atoms with E-state index < -0.39 is 17.9 Å². The Balaban J connectivity index is 4.55. The molecule has 0 aliphatic heterocycles. The second kappa shape index (κ2) is 8.73. The summed E-state index contributed by atoms with van der Waals surface area (Å²) in [7, 11) is 0. The highest BCUT2D eigenvalue weighted by atomic mass is 16.5. The number of ether oxygens (including phenoxy) is 2. The van der Waals surface area contributed by atoms with Gasteiger partial charge in [0.2, 0.25) is 0 Å². The molecule has 0 rings (SSSR count). The van der Waals surface area contributed by atoms with Crippen LogP contribution in [0.4, 0.5) is 0 Å². The molecule has 98 valence electrons. The Morgan fingerprint density at radius 3 is 2.06 bits per heavy atom. The number of esters is 2. The van der Waals surface area contributed by atoms with Crippen LogP contribution in [0.3, 0.4) is 0 Å². The van der Waals surface area contributed by atoms with Crippen LogP contribution >= 0.6 is 0 Å². The van der Waals surface area contributed by atoms with Gasteiger partial charge >= 0.3 is 11.9 Å². The van der Waals surface area contributed by atoms with Crippen molar-refractivity contribution < 1.29 is 23.9 Å². The highest BCUT2D eigenvalue weighted by molar-refractivity contribution is 6.01. The standard InChI is InChI=1S/C12H20O5/c1-4-7-10(13)9(12(15)17-6-3)8-11(14)16-5-2/h9H,4-8H2,1-3H3/t9-/m1/s1. The van der Waals surface area contributed by atoms with Gasteiger partial charge in [-0.15, -0.1) is 0 Å². The molecule has 0 heterocycles. The van der Waals surface area contributed by atoms with Crippen molar-refractivity contribution in [2.45, 2.75) is 40.0 Å². The van der Waals surface area contributed by atoms with Crippen LogP contribution in [0.1, 0.15) is 40.0 Å². The Kier molecular flexibility index (Phi) is 8.01. The molecule has 0 spiro atoms. The van der Waals surface area contributed by atoms with Crippen LogP contribution in [0, 0.1) is 5.92 Å². The van der Waals surface area contributed by atoms with Crippen LogP contribution in [-0.4, -0.2) is 30.9 Å². The quantitative estimate of drug-likeness (QED) is 0.478. The van der Waals surface area contributed by atoms with Crippen molar-refractivity contribution >= 4 is 17.7 Å². The van der Waals surface area contributed by atoms with Crippen LogP contribution in [0.25, 0.3) is 0 Å². The molecule has 1 atom stereocenters. The molecule has 5 heteroatoms. The predicted octanol–water partition coefficient (Wildman–Crippen LogP) is 1.49. The van der Waals surface area contributed by atoms with E-state index in [1.54, 1.807) is 13.8 Å². The average Bonchev–Trinajstić information content (AvgIpc) is 2.26. The van der Waals surface area contributed by atoms with Gasteiger partial charge in [0, 0.05) is 6.42 Å². The Morgan fingerprint density at radius 1 is 1.00 bits per heavy atom. The molecule has 0 aromatic carbocycles. The first-order valence-electron chi connectivity index (χ1n) is 5.91. The van der Waals surface area contributed by atoms with Crippen LogP contribution < -0.4 is 0 Å². The lowest BCUT2D eigenvalue weighted by Crippen LogP contribution is -2.29. The largest absolute Gasteiger partial charge is 0.466 e. The smallest absolute Gasteiger partial charge is 0.317 e. The van der Waals surface area contributed by atoms with Crippen molar-refractivity contribution in [1.29, 1.82) is 0 Å². The number of rotatable bonds is 8. The summed E-state index contributed by atoms with van der Waals surface area (Å²) < 4.78 is 9.51. The average molecular weight is 244 g/mol. The lowest BCUT2D eigenvalue weighted by molar-refractivity contribution is -0.157. The van der Waals surface area contributed by atoms with Gasteiger partial charge in [-0.2, -0.15) is 0 Å². The minimum atomic E-state index is -1.02. The molecule has 0 aromatic rings. The minimum absolute atomic E-state index is 0.192. The molecule has 0 saturated heterocycles. The summed E-state index contributed by atoms with van der Waals surface area (Å²) in [6.45, 7) is 5.59. The van der Waals surface area contributed by atoms with Gasteiger partial charge in [0.1, 0.15) is 11.7 Å². The lowest BCUT2D eigenvalue weighted by atomic mass is 9.97. The van der Waals surface area contributed by atoms with E-state index in [-0.39, 0.29) is 31.8 Å². The number of ketones is 1. The van der Waals surface area contributed by atoms with Gasteiger partial charge in [0.15, 0.2) is 0 Å². The van der Waals surface area contributed by atoms with Crippen LogP contribution in [0.5, 0.6) is 0 Å². The van der Waals surface area contributed by atoms with Crippen molar-refractivity contribution in [3.63, 3.8) is 0 Å². The second-order valence-corrected chi connectivity index (χ2v) is 3.53. The molecule has 0 N–H and O–H groups in total. The minimum Gasteiger partial charge on any atom is -0.466 e. The number of carbonyl (C=O) groups excluding carboxylic acids is 3. The van der Waals surface area contributed by atoms with Gasteiger partial charge < -0.3 is 9.47 Å². The third-order valence-corrected chi connectivity index (χ3v) is 2.13. The van der Waals surface area contributed by atoms with Gasteiger partial charge in [0.05, 0.1) is 19.6 Å². The molecule has 0 bridgehead atoms. The van der Waals surface area contributed by atoms with Crippen molar-refractivity contribution in [3.8, 4) is 0 Å². The van der Waals surface area contributed by atoms with Gasteiger partial charge in [-0.1, -0.05) is 6.92 Å². The Hall–Kier alpha value is -1.39. The Labute approximate surface area is 101 Å². The first kappa shape index (κ1) is 15.6. The van der Waals surface area contributed by atoms with Gasteiger partial charge in [0.25, 0.3) is 0 Å². The molecule has 0 saturated carbocycles. The number of hydrogen-bond donors (Lipinski definition) is 0. The van der Waals surface area contributed by atoms with E-state index in [0.29, 0.717) is 6.42 Å². The highest BCUT2D eigenvalue weighted by Crippen LogP contribution is 2.12. The van der Waals surface area contributed by atoms with Crippen molar-refractivity contribution in [2.75, 3.05) is 13.2 Å². The maximum atomic E-state index is 11.7. The zero-order valence-electron chi connectivity index (χ0n) is 10.7. The Bertz CT molecular complexity index is 254. The zero-order valence-corrected chi connectivity index (χ0v) is 10.7. The van der Waals surface area contributed by atoms with Gasteiger partial charge in [-0.3, -0.25) is 14.4 Å². The molecule has 5 nitrogen and oxygen atoms in total. The molecule has 0 aromatic heterocycles. The summed E-state index contributed by atoms with van der Waals surface area (Å²) in [5.74, 6) is -2.47. The third kappa shape index (κ3) is 6.04. The van der Waals surface area contributed by atoms with Crippen molar-refractivity contribution in [2.24, 2.45) is 5.92 Å². The summed E-state index contributed by atoms with van der Waals surface area (Å²) >= 11 is 0. The molecule has 0 radical (unpaired) electrons. The number of hydrogen-bond acceptors (Lipinski definition) is 5. The van der Waals surface area contributed by atoms with E-state index in [0.717, 1.165) is 0 Å². The molecule has 0 amide bonds. The van der Waals surface area contributed by atoms with Crippen LogP contribution in [-0.2, 0) is 23.9 Å². The SMILES string of the molecule is CCCC(=O)[C@@H](CC(=O)OCC)C(=O)OCC. The zero-order chi connectivity index (χ0) is 13.3. The fourth-order valence-electron chi connectivity index (χ4n) is 1.38. The molecule has 0 aliphatic carbocycles. The van der Waals surface area contributed by atoms with E-state index in [9.17, 15) is 14.4 Å². The second-order valence-electron chi connectivity index (χ2n) is 3.53. The molecule has 0 aliphatic rings. The maximum Gasteiger partial charge on any atom is 0.317 e. The molecule has 0 fully saturated rings. The predicted molar refractivity (Wildman–Crippen MR) is 61.3 cm³/mol. The van der Waals surface area contributed by atoms with E-state index in [2.05, 4.69) is 0 Å². The Morgan fingerprint density at radius 2 is 1.59 bits per heavy atom. The summed E-state index contributed by atoms with van der Waals surface area (Å²) in [5.41, 5.74) is 0. The lowest BCUT2D eigenvalue weighted by Gasteiger charge is -2.13. The fourth-order valence-corrected chi connectivity index (χ4v) is 1.38. The molecular weight excluding hydrogens is 224 g/mol. The number of Topliss-reactive ketones (excluding diaryl/α,β-unsaturated/α-hetero) is 1. The van der Waals surface area contributed by atoms with E-state index in [4.69, 9.17) is 9.47 Å². The third-order valence-electron chi connectivity index (χ3n) is 2.13. The summed E-state index contributed by atoms with van der Waals surface area (Å²) in [5, 5.41) is 0. The number of carbonyl (C=O) groups is 3. The van der Waals surface area contributed by atoms with Gasteiger partial charge in [-0.25, -0.2) is 0 Å². The van der Waals surface area contributed by atoms with Crippen LogP contribution in [0.2, 0.25) is 0 Å². The molecule has 17 heavy (non-hydrogen) atoms. The van der Waals surface area contributed by atoms with Crippen molar-refractivity contribution in [1.82, 2.24) is 0 Å². The first-order valence-corrected chi connectivity index (χ1v) is 5.91. The first-order chi connectivity index (χ1) is 8.06. The normalized spacial score (nSPS) is 11.7.